The molecule has 0 spiro atoms. The van der Waals surface area contributed by atoms with Crippen molar-refractivity contribution >= 4 is 0 Å². The summed E-state index contributed by atoms with van der Waals surface area (Å²) in [6.07, 6.45) is -18.8. The SMILES string of the molecule is O[C@@H]1[C@@H](O)[C@H](O[C@@H]2CO[C@@H](O[C@@H]3[C@@H](F)[C@H](O)OC[C@H]3O)[C@H](O)[C@H]2O)OC[C@H]1O. The summed E-state index contributed by atoms with van der Waals surface area (Å²) < 4.78 is 39.4. The maximum atomic E-state index is 14.0. The lowest BCUT2D eigenvalue weighted by molar-refractivity contribution is -0.346. The van der Waals surface area contributed by atoms with E-state index in [0.717, 1.165) is 0 Å². The van der Waals surface area contributed by atoms with Crippen LogP contribution in [0.2, 0.25) is 0 Å². The number of aliphatic hydroxyl groups is 7. The molecule has 3 heterocycles. The van der Waals surface area contributed by atoms with Crippen molar-refractivity contribution in [2.75, 3.05) is 19.8 Å². The molecule has 0 aromatic rings. The lowest BCUT2D eigenvalue weighted by atomic mass is 10.0. The zero-order valence-electron chi connectivity index (χ0n) is 14.6. The van der Waals surface area contributed by atoms with E-state index in [0.29, 0.717) is 0 Å². The molecule has 164 valence electrons. The highest BCUT2D eigenvalue weighted by Crippen LogP contribution is 2.27. The first kappa shape index (κ1) is 22.1. The molecule has 13 heteroatoms. The van der Waals surface area contributed by atoms with Crippen LogP contribution in [0.1, 0.15) is 0 Å². The van der Waals surface area contributed by atoms with Crippen LogP contribution in [0, 0.1) is 0 Å². The second-order valence-electron chi connectivity index (χ2n) is 6.94. The quantitative estimate of drug-likeness (QED) is 0.232. The second-order valence-corrected chi connectivity index (χ2v) is 6.94. The molecule has 0 bridgehead atoms. The van der Waals surface area contributed by atoms with Crippen LogP contribution < -0.4 is 0 Å². The Morgan fingerprint density at radius 2 is 1.21 bits per heavy atom. The van der Waals surface area contributed by atoms with Gasteiger partial charge in [-0.3, -0.25) is 0 Å². The highest BCUT2D eigenvalue weighted by atomic mass is 19.1. The number of halogens is 1. The van der Waals surface area contributed by atoms with Crippen LogP contribution in [-0.4, -0.2) is 129 Å². The Labute approximate surface area is 158 Å². The van der Waals surface area contributed by atoms with Gasteiger partial charge in [-0.05, 0) is 0 Å². The zero-order chi connectivity index (χ0) is 20.6. The molecule has 0 unspecified atom stereocenters. The number of alkyl halides is 1. The summed E-state index contributed by atoms with van der Waals surface area (Å²) in [6.45, 7) is -1.08. The van der Waals surface area contributed by atoms with Gasteiger partial charge >= 0.3 is 0 Å². The molecule has 12 nitrogen and oxygen atoms in total. The van der Waals surface area contributed by atoms with Crippen LogP contribution >= 0.6 is 0 Å². The zero-order valence-corrected chi connectivity index (χ0v) is 14.6. The lowest BCUT2D eigenvalue weighted by Gasteiger charge is -2.43. The van der Waals surface area contributed by atoms with E-state index in [4.69, 9.17) is 18.9 Å². The molecule has 12 atom stereocenters. The molecule has 3 fully saturated rings. The van der Waals surface area contributed by atoms with E-state index < -0.39 is 80.5 Å². The Kier molecular flexibility index (Phi) is 7.18. The van der Waals surface area contributed by atoms with Gasteiger partial charge in [0, 0.05) is 0 Å². The van der Waals surface area contributed by atoms with Gasteiger partial charge in [0.2, 0.25) is 0 Å². The van der Waals surface area contributed by atoms with Gasteiger partial charge in [-0.1, -0.05) is 0 Å². The van der Waals surface area contributed by atoms with Gasteiger partial charge in [0.05, 0.1) is 19.8 Å². The fraction of sp³-hybridized carbons (Fsp3) is 1.00. The Hall–Kier alpha value is -0.550. The maximum Gasteiger partial charge on any atom is 0.189 e. The van der Waals surface area contributed by atoms with Gasteiger partial charge in [0.25, 0.3) is 0 Å². The number of ether oxygens (including phenoxy) is 5. The van der Waals surface area contributed by atoms with Gasteiger partial charge in [-0.15, -0.1) is 0 Å². The Balaban J connectivity index is 1.57. The largest absolute Gasteiger partial charge is 0.388 e. The van der Waals surface area contributed by atoms with Gasteiger partial charge in [0.1, 0.15) is 48.8 Å². The normalized spacial score (nSPS) is 53.1. The minimum absolute atomic E-state index is 0.317. The average molecular weight is 416 g/mol. The second kappa shape index (κ2) is 9.07. The summed E-state index contributed by atoms with van der Waals surface area (Å²) in [4.78, 5) is 0. The van der Waals surface area contributed by atoms with Crippen LogP contribution in [-0.2, 0) is 23.7 Å². The molecule has 0 aliphatic carbocycles. The summed E-state index contributed by atoms with van der Waals surface area (Å²) in [5.41, 5.74) is 0. The minimum atomic E-state index is -2.11. The fourth-order valence-corrected chi connectivity index (χ4v) is 3.16. The van der Waals surface area contributed by atoms with E-state index in [2.05, 4.69) is 4.74 Å². The molecule has 0 radical (unpaired) electrons. The van der Waals surface area contributed by atoms with Crippen molar-refractivity contribution in [2.45, 2.75) is 73.9 Å². The predicted molar refractivity (Wildman–Crippen MR) is 82.1 cm³/mol. The minimum Gasteiger partial charge on any atom is -0.388 e. The number of rotatable bonds is 4. The van der Waals surface area contributed by atoms with Crippen LogP contribution in [0.15, 0.2) is 0 Å². The third-order valence-corrected chi connectivity index (χ3v) is 4.89. The Bertz CT molecular complexity index is 513. The predicted octanol–water partition coefficient (Wildman–Crippen LogP) is -4.68. The molecular weight excluding hydrogens is 391 g/mol. The van der Waals surface area contributed by atoms with E-state index in [9.17, 15) is 40.1 Å². The van der Waals surface area contributed by atoms with E-state index in [1.54, 1.807) is 0 Å². The number of hydrogen-bond acceptors (Lipinski definition) is 12. The molecule has 0 aromatic carbocycles. The lowest BCUT2D eigenvalue weighted by Crippen LogP contribution is -2.61. The van der Waals surface area contributed by atoms with Crippen molar-refractivity contribution in [3.8, 4) is 0 Å². The van der Waals surface area contributed by atoms with E-state index >= 15 is 0 Å². The number of hydrogen-bond donors (Lipinski definition) is 7. The van der Waals surface area contributed by atoms with Gasteiger partial charge in [-0.25, -0.2) is 4.39 Å². The molecule has 0 amide bonds. The molecular formula is C15H25FO12. The first-order valence-corrected chi connectivity index (χ1v) is 8.77. The van der Waals surface area contributed by atoms with Gasteiger partial charge in [-0.2, -0.15) is 0 Å². The third kappa shape index (κ3) is 4.45. The molecule has 3 rings (SSSR count). The molecule has 28 heavy (non-hydrogen) atoms. The summed E-state index contributed by atoms with van der Waals surface area (Å²) in [5, 5.41) is 68.5. The molecule has 3 aliphatic heterocycles. The first-order chi connectivity index (χ1) is 13.2. The van der Waals surface area contributed by atoms with Gasteiger partial charge in [0.15, 0.2) is 25.0 Å². The molecule has 0 saturated carbocycles. The van der Waals surface area contributed by atoms with Crippen molar-refractivity contribution < 1.29 is 63.8 Å². The van der Waals surface area contributed by atoms with Crippen molar-refractivity contribution in [1.29, 1.82) is 0 Å². The average Bonchev–Trinajstić information content (AvgIpc) is 2.67. The standard InChI is InChI=1S/C15H25FO12/c16-7-12(5(18)2-24-13(7)23)28-15-11(22)9(20)6(3-26-15)27-14-10(21)8(19)4(17)1-25-14/h4-15,17-23H,1-3H2/t4-,5-,6-,7-,8+,9+,10-,11-,12+,13-,14+,15+/m1/s1. The summed E-state index contributed by atoms with van der Waals surface area (Å²) in [7, 11) is 0. The van der Waals surface area contributed by atoms with E-state index in [-0.39, 0.29) is 13.2 Å². The Morgan fingerprint density at radius 1 is 0.643 bits per heavy atom. The maximum absolute atomic E-state index is 14.0. The van der Waals surface area contributed by atoms with Crippen molar-refractivity contribution in [1.82, 2.24) is 0 Å². The van der Waals surface area contributed by atoms with Crippen molar-refractivity contribution in [3.05, 3.63) is 0 Å². The van der Waals surface area contributed by atoms with E-state index in [1.807, 2.05) is 0 Å². The van der Waals surface area contributed by atoms with Crippen molar-refractivity contribution in [3.63, 3.8) is 0 Å². The summed E-state index contributed by atoms with van der Waals surface area (Å²) >= 11 is 0. The third-order valence-electron chi connectivity index (χ3n) is 4.89. The highest BCUT2D eigenvalue weighted by molar-refractivity contribution is 4.90. The van der Waals surface area contributed by atoms with Crippen LogP contribution in [0.3, 0.4) is 0 Å². The Morgan fingerprint density at radius 3 is 1.93 bits per heavy atom. The molecule has 7 N–H and O–H groups in total. The molecule has 0 aromatic heterocycles. The van der Waals surface area contributed by atoms with Crippen LogP contribution in [0.25, 0.3) is 0 Å². The summed E-state index contributed by atoms with van der Waals surface area (Å²) in [6, 6.07) is 0. The van der Waals surface area contributed by atoms with Crippen molar-refractivity contribution in [2.24, 2.45) is 0 Å². The molecule has 3 aliphatic rings. The van der Waals surface area contributed by atoms with E-state index in [1.165, 1.54) is 0 Å². The fourth-order valence-electron chi connectivity index (χ4n) is 3.16. The molecule has 3 saturated heterocycles. The summed E-state index contributed by atoms with van der Waals surface area (Å²) in [5.74, 6) is 0. The van der Waals surface area contributed by atoms with Gasteiger partial charge < -0.3 is 59.4 Å². The number of aliphatic hydroxyl groups excluding tert-OH is 7. The van der Waals surface area contributed by atoms with Crippen LogP contribution in [0.4, 0.5) is 4.39 Å². The van der Waals surface area contributed by atoms with Crippen LogP contribution in [0.5, 0.6) is 0 Å². The monoisotopic (exact) mass is 416 g/mol. The topological polar surface area (TPSA) is 188 Å². The highest BCUT2D eigenvalue weighted by Gasteiger charge is 2.48. The smallest absolute Gasteiger partial charge is 0.189 e. The first-order valence-electron chi connectivity index (χ1n) is 8.77.